The fourth-order valence-electron chi connectivity index (χ4n) is 3.74. The van der Waals surface area contributed by atoms with Gasteiger partial charge in [-0.3, -0.25) is 9.59 Å². The number of ether oxygens (including phenoxy) is 1. The molecule has 5 heteroatoms. The molecule has 24 heavy (non-hydrogen) atoms. The normalized spacial score (nSPS) is 24.5. The lowest BCUT2D eigenvalue weighted by molar-refractivity contribution is -0.143. The van der Waals surface area contributed by atoms with Gasteiger partial charge in [0.15, 0.2) is 0 Å². The van der Waals surface area contributed by atoms with E-state index in [9.17, 15) is 9.59 Å². The third-order valence-electron chi connectivity index (χ3n) is 5.10. The maximum Gasteiger partial charge on any atom is 0.306 e. The first kappa shape index (κ1) is 16.8. The molecule has 2 aliphatic carbocycles. The lowest BCUT2D eigenvalue weighted by Crippen LogP contribution is -2.30. The van der Waals surface area contributed by atoms with E-state index < -0.39 is 11.9 Å². The monoisotopic (exact) mass is 331 g/mol. The second-order valence-electron chi connectivity index (χ2n) is 6.94. The van der Waals surface area contributed by atoms with Gasteiger partial charge in [-0.05, 0) is 57.1 Å². The summed E-state index contributed by atoms with van der Waals surface area (Å²) in [6.45, 7) is 0. The zero-order valence-corrected chi connectivity index (χ0v) is 13.9. The molecule has 0 bridgehead atoms. The fraction of sp³-hybridized carbons (Fsp3) is 0.579. The van der Waals surface area contributed by atoms with E-state index in [0.29, 0.717) is 18.5 Å². The minimum atomic E-state index is -0.792. The first-order valence-corrected chi connectivity index (χ1v) is 8.92. The molecule has 5 nitrogen and oxygen atoms in total. The van der Waals surface area contributed by atoms with E-state index in [4.69, 9.17) is 9.84 Å². The Morgan fingerprint density at radius 3 is 2.54 bits per heavy atom. The van der Waals surface area contributed by atoms with E-state index in [0.717, 1.165) is 31.4 Å². The third kappa shape index (κ3) is 4.28. The highest BCUT2D eigenvalue weighted by Gasteiger charge is 2.31. The number of carboxylic acid groups (broad SMARTS) is 1. The Bertz CT molecular complexity index is 595. The van der Waals surface area contributed by atoms with Crippen LogP contribution in [0.3, 0.4) is 0 Å². The molecule has 0 heterocycles. The number of carbonyl (C=O) groups is 2. The van der Waals surface area contributed by atoms with Gasteiger partial charge in [0.2, 0.25) is 5.91 Å². The van der Waals surface area contributed by atoms with Crippen LogP contribution in [0.5, 0.6) is 5.75 Å². The topological polar surface area (TPSA) is 75.6 Å². The van der Waals surface area contributed by atoms with Gasteiger partial charge in [0, 0.05) is 17.7 Å². The van der Waals surface area contributed by atoms with E-state index in [2.05, 4.69) is 5.32 Å². The summed E-state index contributed by atoms with van der Waals surface area (Å²) in [4.78, 5) is 23.6. The minimum Gasteiger partial charge on any atom is -0.490 e. The number of rotatable bonds is 5. The maximum absolute atomic E-state index is 12.4. The van der Waals surface area contributed by atoms with Crippen LogP contribution in [0.1, 0.15) is 51.4 Å². The highest BCUT2D eigenvalue weighted by molar-refractivity contribution is 5.93. The lowest BCUT2D eigenvalue weighted by atomic mass is 9.81. The number of carbonyl (C=O) groups excluding carboxylic acids is 1. The van der Waals surface area contributed by atoms with Crippen LogP contribution in [0.2, 0.25) is 0 Å². The summed E-state index contributed by atoms with van der Waals surface area (Å²) in [5, 5.41) is 12.1. The number of nitrogens with one attached hydrogen (secondary N) is 1. The molecule has 130 valence electrons. The van der Waals surface area contributed by atoms with Crippen molar-refractivity contribution in [3.05, 3.63) is 24.3 Å². The average Bonchev–Trinajstić information content (AvgIpc) is 3.08. The predicted octanol–water partition coefficient (Wildman–Crippen LogP) is 3.84. The molecular weight excluding hydrogens is 306 g/mol. The predicted molar refractivity (Wildman–Crippen MR) is 91.0 cm³/mol. The largest absolute Gasteiger partial charge is 0.490 e. The van der Waals surface area contributed by atoms with Gasteiger partial charge < -0.3 is 15.2 Å². The molecule has 2 N–H and O–H groups in total. The number of hydrogen-bond acceptors (Lipinski definition) is 3. The van der Waals surface area contributed by atoms with Gasteiger partial charge in [0.1, 0.15) is 5.75 Å². The first-order valence-electron chi connectivity index (χ1n) is 8.92. The number of amides is 1. The summed E-state index contributed by atoms with van der Waals surface area (Å²) >= 11 is 0. The van der Waals surface area contributed by atoms with Crippen LogP contribution in [-0.2, 0) is 9.59 Å². The van der Waals surface area contributed by atoms with Crippen molar-refractivity contribution in [3.8, 4) is 5.75 Å². The Balaban J connectivity index is 1.58. The minimum absolute atomic E-state index is 0.0843. The molecule has 0 aliphatic heterocycles. The third-order valence-corrected chi connectivity index (χ3v) is 5.10. The van der Waals surface area contributed by atoms with Crippen molar-refractivity contribution in [1.82, 2.24) is 0 Å². The van der Waals surface area contributed by atoms with Crippen molar-refractivity contribution >= 4 is 17.6 Å². The van der Waals surface area contributed by atoms with Gasteiger partial charge in [-0.1, -0.05) is 12.5 Å². The summed E-state index contributed by atoms with van der Waals surface area (Å²) < 4.78 is 5.96. The number of hydrogen-bond donors (Lipinski definition) is 2. The van der Waals surface area contributed by atoms with Gasteiger partial charge >= 0.3 is 5.97 Å². The molecule has 1 aromatic carbocycles. The summed E-state index contributed by atoms with van der Waals surface area (Å²) in [6, 6.07) is 7.49. The molecule has 3 rings (SSSR count). The summed E-state index contributed by atoms with van der Waals surface area (Å²) in [7, 11) is 0. The van der Waals surface area contributed by atoms with Crippen molar-refractivity contribution in [2.24, 2.45) is 11.8 Å². The Morgan fingerprint density at radius 1 is 1.04 bits per heavy atom. The highest BCUT2D eigenvalue weighted by Crippen LogP contribution is 2.31. The Hall–Kier alpha value is -2.04. The Labute approximate surface area is 142 Å². The van der Waals surface area contributed by atoms with E-state index in [1.807, 2.05) is 24.3 Å². The van der Waals surface area contributed by atoms with Crippen LogP contribution < -0.4 is 10.1 Å². The van der Waals surface area contributed by atoms with Crippen molar-refractivity contribution in [3.63, 3.8) is 0 Å². The van der Waals surface area contributed by atoms with Gasteiger partial charge in [0.05, 0.1) is 12.0 Å². The molecule has 0 spiro atoms. The smallest absolute Gasteiger partial charge is 0.306 e. The molecule has 0 saturated heterocycles. The Kier molecular flexibility index (Phi) is 5.38. The highest BCUT2D eigenvalue weighted by atomic mass is 16.5. The SMILES string of the molecule is O=C(O)C1CCCC(C(=O)Nc2cccc(OC3CCCC3)c2)C1. The van der Waals surface area contributed by atoms with Gasteiger partial charge in [-0.25, -0.2) is 0 Å². The molecule has 2 saturated carbocycles. The van der Waals surface area contributed by atoms with E-state index in [1.54, 1.807) is 0 Å². The summed E-state index contributed by atoms with van der Waals surface area (Å²) in [6.07, 6.45) is 7.55. The maximum atomic E-state index is 12.4. The summed E-state index contributed by atoms with van der Waals surface area (Å²) in [5.41, 5.74) is 0.716. The molecule has 1 amide bonds. The van der Waals surface area contributed by atoms with Gasteiger partial charge in [-0.15, -0.1) is 0 Å². The standard InChI is InChI=1S/C19H25NO4/c21-18(13-5-3-6-14(11-13)19(22)23)20-15-7-4-10-17(12-15)24-16-8-1-2-9-16/h4,7,10,12-14,16H,1-3,5-6,8-9,11H2,(H,20,21)(H,22,23). The zero-order chi connectivity index (χ0) is 16.9. The summed E-state index contributed by atoms with van der Waals surface area (Å²) in [5.74, 6) is -0.712. The molecule has 0 aromatic heterocycles. The molecule has 2 fully saturated rings. The number of benzene rings is 1. The van der Waals surface area contributed by atoms with Crippen LogP contribution in [0.15, 0.2) is 24.3 Å². The number of aliphatic carboxylic acids is 1. The zero-order valence-electron chi connectivity index (χ0n) is 13.9. The van der Waals surface area contributed by atoms with Crippen LogP contribution >= 0.6 is 0 Å². The van der Waals surface area contributed by atoms with Crippen molar-refractivity contribution in [2.45, 2.75) is 57.5 Å². The van der Waals surface area contributed by atoms with Crippen molar-refractivity contribution in [1.29, 1.82) is 0 Å². The molecular formula is C19H25NO4. The molecule has 2 unspecified atom stereocenters. The molecule has 2 atom stereocenters. The van der Waals surface area contributed by atoms with Crippen LogP contribution in [-0.4, -0.2) is 23.1 Å². The molecule has 2 aliphatic rings. The molecule has 1 aromatic rings. The van der Waals surface area contributed by atoms with Gasteiger partial charge in [0.25, 0.3) is 0 Å². The molecule has 0 radical (unpaired) electrons. The van der Waals surface area contributed by atoms with Crippen LogP contribution in [0, 0.1) is 11.8 Å². The van der Waals surface area contributed by atoms with Gasteiger partial charge in [-0.2, -0.15) is 0 Å². The first-order chi connectivity index (χ1) is 11.6. The second-order valence-corrected chi connectivity index (χ2v) is 6.94. The number of carboxylic acids is 1. The van der Waals surface area contributed by atoms with E-state index in [-0.39, 0.29) is 17.9 Å². The van der Waals surface area contributed by atoms with Crippen LogP contribution in [0.25, 0.3) is 0 Å². The lowest BCUT2D eigenvalue weighted by Gasteiger charge is -2.25. The Morgan fingerprint density at radius 2 is 1.79 bits per heavy atom. The van der Waals surface area contributed by atoms with Crippen molar-refractivity contribution < 1.29 is 19.4 Å². The second kappa shape index (κ2) is 7.69. The van der Waals surface area contributed by atoms with E-state index in [1.165, 1.54) is 12.8 Å². The fourth-order valence-corrected chi connectivity index (χ4v) is 3.74. The van der Waals surface area contributed by atoms with Crippen molar-refractivity contribution in [2.75, 3.05) is 5.32 Å². The average molecular weight is 331 g/mol. The quantitative estimate of drug-likeness (QED) is 0.859. The van der Waals surface area contributed by atoms with Crippen LogP contribution in [0.4, 0.5) is 5.69 Å². The van der Waals surface area contributed by atoms with E-state index >= 15 is 0 Å². The number of anilines is 1.